The molecule has 0 bridgehead atoms. The molecule has 0 saturated heterocycles. The number of halogens is 6. The highest BCUT2D eigenvalue weighted by Gasteiger charge is 2.43. The Kier molecular flexibility index (Phi) is 5.63. The largest absolute Gasteiger partial charge is 0.573 e. The summed E-state index contributed by atoms with van der Waals surface area (Å²) in [6, 6.07) is -0.846. The summed E-state index contributed by atoms with van der Waals surface area (Å²) in [5, 5.41) is 4.30. The van der Waals surface area contributed by atoms with Crippen LogP contribution >= 0.6 is 0 Å². The van der Waals surface area contributed by atoms with E-state index < -0.39 is 48.4 Å². The Morgan fingerprint density at radius 1 is 1.17 bits per heavy atom. The number of ether oxygens (including phenoxy) is 1. The number of carbonyl (C=O) groups excluding carboxylic acids is 2. The van der Waals surface area contributed by atoms with Crippen molar-refractivity contribution in [3.05, 3.63) is 41.3 Å². The summed E-state index contributed by atoms with van der Waals surface area (Å²) < 4.78 is 80.9. The third kappa shape index (κ3) is 5.02. The van der Waals surface area contributed by atoms with Gasteiger partial charge in [-0.05, 0) is 30.5 Å². The Bertz CT molecular complexity index is 892. The molecule has 1 unspecified atom stereocenters. The number of benzene rings is 1. The average Bonchev–Trinajstić information content (AvgIpc) is 2.64. The van der Waals surface area contributed by atoms with Crippen molar-refractivity contribution < 1.29 is 40.7 Å². The second kappa shape index (κ2) is 7.88. The third-order valence-corrected chi connectivity index (χ3v) is 4.14. The van der Waals surface area contributed by atoms with Gasteiger partial charge < -0.3 is 15.4 Å². The molecule has 1 aromatic rings. The highest BCUT2D eigenvalue weighted by atomic mass is 19.4. The molecule has 13 heteroatoms. The molecule has 2 N–H and O–H groups in total. The zero-order valence-electron chi connectivity index (χ0n) is 15.0. The number of carbonyl (C=O) groups is 2. The molecule has 2 aliphatic rings. The number of urea groups is 1. The van der Waals surface area contributed by atoms with E-state index >= 15 is 0 Å². The van der Waals surface area contributed by atoms with Gasteiger partial charge in [0.25, 0.3) is 0 Å². The number of nitrogens with zero attached hydrogens (tertiary/aromatic N) is 2. The lowest BCUT2D eigenvalue weighted by molar-refractivity contribution is -0.274. The van der Waals surface area contributed by atoms with E-state index in [1.807, 2.05) is 0 Å². The van der Waals surface area contributed by atoms with E-state index in [0.717, 1.165) is 17.0 Å². The van der Waals surface area contributed by atoms with Gasteiger partial charge in [0.1, 0.15) is 12.3 Å². The van der Waals surface area contributed by atoms with Crippen LogP contribution in [0.3, 0.4) is 0 Å². The Morgan fingerprint density at radius 2 is 1.83 bits per heavy atom. The summed E-state index contributed by atoms with van der Waals surface area (Å²) in [6.45, 7) is -0.537. The van der Waals surface area contributed by atoms with Crippen LogP contribution < -0.4 is 15.4 Å². The molecule has 2 aliphatic heterocycles. The van der Waals surface area contributed by atoms with Gasteiger partial charge in [-0.1, -0.05) is 12.1 Å². The maximum Gasteiger partial charge on any atom is 0.573 e. The van der Waals surface area contributed by atoms with Crippen molar-refractivity contribution >= 4 is 18.2 Å². The van der Waals surface area contributed by atoms with Gasteiger partial charge >= 0.3 is 18.6 Å². The SMILES string of the molecule is O=C1CN(C(=O)NC(c2ccc(OC(F)(F)F)cc2)C(F)(F)F)C2=C(CCC=N2)N1. The Labute approximate surface area is 165 Å². The Hall–Kier alpha value is -3.25. The van der Waals surface area contributed by atoms with E-state index in [-0.39, 0.29) is 5.82 Å². The normalized spacial score (nSPS) is 17.9. The van der Waals surface area contributed by atoms with Crippen LogP contribution in [0.1, 0.15) is 24.4 Å². The van der Waals surface area contributed by atoms with E-state index in [1.54, 1.807) is 5.32 Å². The molecule has 0 radical (unpaired) electrons. The first-order valence-corrected chi connectivity index (χ1v) is 8.50. The molecular weight excluding hydrogens is 422 g/mol. The number of hydrogen-bond donors (Lipinski definition) is 2. The summed E-state index contributed by atoms with van der Waals surface area (Å²) in [4.78, 5) is 29.1. The fourth-order valence-corrected chi connectivity index (χ4v) is 2.91. The molecule has 162 valence electrons. The predicted molar refractivity (Wildman–Crippen MR) is 90.1 cm³/mol. The molecule has 2 heterocycles. The number of alkyl halides is 6. The number of nitrogens with one attached hydrogen (secondary N) is 2. The van der Waals surface area contributed by atoms with Gasteiger partial charge in [-0.15, -0.1) is 13.2 Å². The van der Waals surface area contributed by atoms with E-state index in [4.69, 9.17) is 0 Å². The second-order valence-corrected chi connectivity index (χ2v) is 6.33. The van der Waals surface area contributed by atoms with Crippen LogP contribution in [0.4, 0.5) is 31.1 Å². The highest BCUT2D eigenvalue weighted by Crippen LogP contribution is 2.34. The maximum absolute atomic E-state index is 13.5. The predicted octanol–water partition coefficient (Wildman–Crippen LogP) is 3.36. The van der Waals surface area contributed by atoms with Crippen molar-refractivity contribution in [2.24, 2.45) is 4.99 Å². The van der Waals surface area contributed by atoms with Crippen LogP contribution in [0.2, 0.25) is 0 Å². The van der Waals surface area contributed by atoms with Crippen molar-refractivity contribution in [3.63, 3.8) is 0 Å². The summed E-state index contributed by atoms with van der Waals surface area (Å²) in [7, 11) is 0. The minimum Gasteiger partial charge on any atom is -0.406 e. The molecule has 1 aromatic carbocycles. The van der Waals surface area contributed by atoms with Crippen LogP contribution in [-0.4, -0.2) is 42.1 Å². The number of rotatable bonds is 3. The first-order chi connectivity index (χ1) is 13.9. The average molecular weight is 436 g/mol. The van der Waals surface area contributed by atoms with Crippen LogP contribution in [0.15, 0.2) is 40.8 Å². The molecule has 3 rings (SSSR count). The lowest BCUT2D eigenvalue weighted by Crippen LogP contribution is -2.52. The molecular formula is C17H14F6N4O3. The maximum atomic E-state index is 13.5. The first kappa shape index (κ1) is 21.5. The molecule has 1 atom stereocenters. The van der Waals surface area contributed by atoms with E-state index in [0.29, 0.717) is 30.7 Å². The zero-order chi connectivity index (χ0) is 22.1. The smallest absolute Gasteiger partial charge is 0.406 e. The topological polar surface area (TPSA) is 83.0 Å². The van der Waals surface area contributed by atoms with E-state index in [9.17, 15) is 35.9 Å². The molecule has 7 nitrogen and oxygen atoms in total. The van der Waals surface area contributed by atoms with E-state index in [2.05, 4.69) is 15.0 Å². The van der Waals surface area contributed by atoms with Gasteiger partial charge in [-0.3, -0.25) is 9.69 Å². The lowest BCUT2D eigenvalue weighted by atomic mass is 10.1. The highest BCUT2D eigenvalue weighted by molar-refractivity contribution is 5.89. The molecule has 0 aliphatic carbocycles. The quantitative estimate of drug-likeness (QED) is 0.713. The summed E-state index contributed by atoms with van der Waals surface area (Å²) >= 11 is 0. The zero-order valence-corrected chi connectivity index (χ0v) is 15.0. The van der Waals surface area contributed by atoms with Gasteiger partial charge in [0.15, 0.2) is 11.9 Å². The molecule has 0 aromatic heterocycles. The van der Waals surface area contributed by atoms with Crippen molar-refractivity contribution in [2.45, 2.75) is 31.4 Å². The minimum atomic E-state index is -5.00. The minimum absolute atomic E-state index is 0.0354. The summed E-state index contributed by atoms with van der Waals surface area (Å²) in [6.07, 6.45) is -7.64. The summed E-state index contributed by atoms with van der Waals surface area (Å²) in [5.41, 5.74) is -0.200. The number of aliphatic imine (C=N–C) groups is 1. The third-order valence-electron chi connectivity index (χ3n) is 4.14. The van der Waals surface area contributed by atoms with Crippen LogP contribution in [0.5, 0.6) is 5.75 Å². The number of hydrogen-bond acceptors (Lipinski definition) is 4. The molecule has 0 fully saturated rings. The summed E-state index contributed by atoms with van der Waals surface area (Å²) in [5.74, 6) is -1.26. The molecule has 0 saturated carbocycles. The van der Waals surface area contributed by atoms with Gasteiger partial charge in [0, 0.05) is 6.21 Å². The van der Waals surface area contributed by atoms with E-state index in [1.165, 1.54) is 6.21 Å². The van der Waals surface area contributed by atoms with Crippen molar-refractivity contribution in [2.75, 3.05) is 6.54 Å². The fraction of sp³-hybridized carbons (Fsp3) is 0.353. The Morgan fingerprint density at radius 3 is 2.43 bits per heavy atom. The van der Waals surface area contributed by atoms with Gasteiger partial charge in [0.2, 0.25) is 5.91 Å². The standard InChI is InChI=1S/C17H14F6N4O3/c18-16(19,20)13(9-3-5-10(6-4-9)30-17(21,22)23)26-15(29)27-8-12(28)25-11-2-1-7-24-14(11)27/h3-7,13H,1-2,8H2,(H,25,28)(H,26,29). The Balaban J connectivity index is 1.82. The van der Waals surface area contributed by atoms with Gasteiger partial charge in [-0.2, -0.15) is 13.2 Å². The van der Waals surface area contributed by atoms with Gasteiger partial charge in [0.05, 0.1) is 5.70 Å². The number of allylic oxidation sites excluding steroid dienone is 1. The van der Waals surface area contributed by atoms with Crippen LogP contribution in [0.25, 0.3) is 0 Å². The first-order valence-electron chi connectivity index (χ1n) is 8.50. The second-order valence-electron chi connectivity index (χ2n) is 6.33. The molecule has 3 amide bonds. The molecule has 0 spiro atoms. The van der Waals surface area contributed by atoms with Crippen molar-refractivity contribution in [1.82, 2.24) is 15.5 Å². The fourth-order valence-electron chi connectivity index (χ4n) is 2.91. The molecule has 30 heavy (non-hydrogen) atoms. The number of amides is 3. The van der Waals surface area contributed by atoms with Crippen LogP contribution in [0, 0.1) is 0 Å². The van der Waals surface area contributed by atoms with Crippen molar-refractivity contribution in [1.29, 1.82) is 0 Å². The van der Waals surface area contributed by atoms with Crippen LogP contribution in [-0.2, 0) is 4.79 Å². The lowest BCUT2D eigenvalue weighted by Gasteiger charge is -2.32. The van der Waals surface area contributed by atoms with Gasteiger partial charge in [-0.25, -0.2) is 9.79 Å². The monoisotopic (exact) mass is 436 g/mol. The van der Waals surface area contributed by atoms with Crippen molar-refractivity contribution in [3.8, 4) is 5.75 Å².